The molecule has 0 fully saturated rings. The fourth-order valence-corrected chi connectivity index (χ4v) is 1.83. The molecule has 20 heavy (non-hydrogen) atoms. The molecule has 3 heteroatoms. The first kappa shape index (κ1) is 13.9. The van der Waals surface area contributed by atoms with Gasteiger partial charge in [-0.25, -0.2) is 15.0 Å². The van der Waals surface area contributed by atoms with Crippen LogP contribution in [0.5, 0.6) is 0 Å². The molecule has 0 aliphatic heterocycles. The first-order valence-electron chi connectivity index (χ1n) is 6.71. The third kappa shape index (κ3) is 3.26. The first-order valence-corrected chi connectivity index (χ1v) is 6.71. The number of nitrogens with zero attached hydrogens (tertiary/aromatic N) is 3. The van der Waals surface area contributed by atoms with Gasteiger partial charge in [0.2, 0.25) is 0 Å². The molecule has 2 aromatic carbocycles. The molecular weight excluding hydrogens is 246 g/mol. The van der Waals surface area contributed by atoms with Gasteiger partial charge in [-0.2, -0.15) is 0 Å². The van der Waals surface area contributed by atoms with Crippen LogP contribution in [0.3, 0.4) is 0 Å². The highest BCUT2D eigenvalue weighted by Crippen LogP contribution is 2.22. The second-order valence-corrected chi connectivity index (χ2v) is 3.91. The molecule has 0 unspecified atom stereocenters. The van der Waals surface area contributed by atoms with Gasteiger partial charge in [-0.1, -0.05) is 68.4 Å². The summed E-state index contributed by atoms with van der Waals surface area (Å²) in [6.07, 6.45) is 3.01. The average Bonchev–Trinajstić information content (AvgIpc) is 2.58. The Morgan fingerprint density at radius 1 is 0.600 bits per heavy atom. The van der Waals surface area contributed by atoms with Crippen LogP contribution >= 0.6 is 0 Å². The maximum atomic E-state index is 4.13. The van der Waals surface area contributed by atoms with Gasteiger partial charge in [-0.3, -0.25) is 0 Å². The van der Waals surface area contributed by atoms with Crippen LogP contribution in [0.4, 0.5) is 0 Å². The second-order valence-electron chi connectivity index (χ2n) is 3.91. The normalized spacial score (nSPS) is 9.50. The molecule has 1 aromatic heterocycles. The van der Waals surface area contributed by atoms with Crippen molar-refractivity contribution in [3.63, 3.8) is 0 Å². The Hall–Kier alpha value is -2.55. The summed E-state index contributed by atoms with van der Waals surface area (Å²) in [7, 11) is 0. The van der Waals surface area contributed by atoms with E-state index in [9.17, 15) is 0 Å². The first-order chi connectivity index (χ1) is 9.93. The van der Waals surface area contributed by atoms with Gasteiger partial charge in [0.25, 0.3) is 0 Å². The summed E-state index contributed by atoms with van der Waals surface area (Å²) >= 11 is 0. The third-order valence-electron chi connectivity index (χ3n) is 2.74. The van der Waals surface area contributed by atoms with E-state index in [4.69, 9.17) is 0 Å². The lowest BCUT2D eigenvalue weighted by molar-refractivity contribution is 1.06. The smallest absolute Gasteiger partial charge is 0.162 e. The summed E-state index contributed by atoms with van der Waals surface area (Å²) in [5, 5.41) is 0. The van der Waals surface area contributed by atoms with Crippen LogP contribution in [-0.4, -0.2) is 15.0 Å². The van der Waals surface area contributed by atoms with Gasteiger partial charge < -0.3 is 0 Å². The lowest BCUT2D eigenvalue weighted by Crippen LogP contribution is -1.88. The molecule has 0 saturated heterocycles. The van der Waals surface area contributed by atoms with Crippen molar-refractivity contribution < 1.29 is 0 Å². The molecule has 0 aliphatic carbocycles. The van der Waals surface area contributed by atoms with Gasteiger partial charge >= 0.3 is 0 Å². The summed E-state index contributed by atoms with van der Waals surface area (Å²) in [6, 6.07) is 18.5. The molecule has 3 aromatic rings. The predicted molar refractivity (Wildman–Crippen MR) is 82.0 cm³/mol. The lowest BCUT2D eigenvalue weighted by atomic mass is 10.0. The molecule has 0 spiro atoms. The number of hydrogen-bond donors (Lipinski definition) is 0. The molecule has 100 valence electrons. The van der Waals surface area contributed by atoms with Gasteiger partial charge in [-0.15, -0.1) is 0 Å². The van der Waals surface area contributed by atoms with Crippen molar-refractivity contribution >= 4 is 0 Å². The minimum Gasteiger partial charge on any atom is -0.225 e. The molecule has 3 rings (SSSR count). The Kier molecular flexibility index (Phi) is 4.95. The number of benzene rings is 2. The summed E-state index contributed by atoms with van der Waals surface area (Å²) < 4.78 is 0. The Morgan fingerprint density at radius 2 is 1.10 bits per heavy atom. The van der Waals surface area contributed by atoms with Gasteiger partial charge in [0.1, 0.15) is 12.7 Å². The van der Waals surface area contributed by atoms with E-state index in [1.54, 1.807) is 0 Å². The van der Waals surface area contributed by atoms with Crippen LogP contribution in [-0.2, 0) is 0 Å². The Balaban J connectivity index is 0.000000704. The molecule has 0 radical (unpaired) electrons. The SMILES string of the molecule is CC.c1ccc(-c2ccc(-c3ncncn3)cc2)cc1. The number of aromatic nitrogens is 3. The van der Waals surface area contributed by atoms with Gasteiger partial charge in [0.15, 0.2) is 5.82 Å². The molecule has 0 amide bonds. The van der Waals surface area contributed by atoms with E-state index in [0.29, 0.717) is 5.82 Å². The number of hydrogen-bond acceptors (Lipinski definition) is 3. The maximum absolute atomic E-state index is 4.13. The molecule has 0 saturated carbocycles. The molecule has 0 aliphatic rings. The fraction of sp³-hybridized carbons (Fsp3) is 0.118. The zero-order chi connectivity index (χ0) is 14.2. The van der Waals surface area contributed by atoms with E-state index >= 15 is 0 Å². The van der Waals surface area contributed by atoms with Crippen molar-refractivity contribution in [1.82, 2.24) is 15.0 Å². The van der Waals surface area contributed by atoms with E-state index in [1.807, 2.05) is 44.2 Å². The number of rotatable bonds is 2. The minimum atomic E-state index is 0.699. The van der Waals surface area contributed by atoms with Crippen molar-refractivity contribution in [3.05, 3.63) is 67.3 Å². The highest BCUT2D eigenvalue weighted by atomic mass is 15.0. The van der Waals surface area contributed by atoms with Crippen molar-refractivity contribution in [2.75, 3.05) is 0 Å². The van der Waals surface area contributed by atoms with E-state index in [0.717, 1.165) is 5.56 Å². The van der Waals surface area contributed by atoms with Crippen molar-refractivity contribution in [1.29, 1.82) is 0 Å². The van der Waals surface area contributed by atoms with E-state index in [2.05, 4.69) is 39.2 Å². The van der Waals surface area contributed by atoms with Crippen molar-refractivity contribution in [2.24, 2.45) is 0 Å². The van der Waals surface area contributed by atoms with Crippen LogP contribution in [0, 0.1) is 0 Å². The Labute approximate surface area is 119 Å². The van der Waals surface area contributed by atoms with E-state index < -0.39 is 0 Å². The van der Waals surface area contributed by atoms with Gasteiger partial charge in [0, 0.05) is 5.56 Å². The molecule has 3 nitrogen and oxygen atoms in total. The Morgan fingerprint density at radius 3 is 1.70 bits per heavy atom. The zero-order valence-electron chi connectivity index (χ0n) is 11.7. The van der Waals surface area contributed by atoms with Crippen LogP contribution < -0.4 is 0 Å². The highest BCUT2D eigenvalue weighted by molar-refractivity contribution is 5.67. The maximum Gasteiger partial charge on any atom is 0.162 e. The minimum absolute atomic E-state index is 0.699. The molecule has 0 N–H and O–H groups in total. The fourth-order valence-electron chi connectivity index (χ4n) is 1.83. The van der Waals surface area contributed by atoms with Gasteiger partial charge in [-0.05, 0) is 11.1 Å². The second kappa shape index (κ2) is 7.14. The average molecular weight is 263 g/mol. The van der Waals surface area contributed by atoms with Crippen molar-refractivity contribution in [3.8, 4) is 22.5 Å². The zero-order valence-corrected chi connectivity index (χ0v) is 11.7. The third-order valence-corrected chi connectivity index (χ3v) is 2.74. The van der Waals surface area contributed by atoms with Crippen LogP contribution in [0.2, 0.25) is 0 Å². The molecular formula is C17H17N3. The van der Waals surface area contributed by atoms with Gasteiger partial charge in [0.05, 0.1) is 0 Å². The molecule has 0 bridgehead atoms. The summed E-state index contributed by atoms with van der Waals surface area (Å²) in [6.45, 7) is 4.00. The van der Waals surface area contributed by atoms with Crippen LogP contribution in [0.25, 0.3) is 22.5 Å². The molecule has 1 heterocycles. The monoisotopic (exact) mass is 263 g/mol. The predicted octanol–water partition coefficient (Wildman–Crippen LogP) is 4.23. The summed E-state index contributed by atoms with van der Waals surface area (Å²) in [4.78, 5) is 12.1. The lowest BCUT2D eigenvalue weighted by Gasteiger charge is -2.03. The van der Waals surface area contributed by atoms with Crippen LogP contribution in [0.1, 0.15) is 13.8 Å². The summed E-state index contributed by atoms with van der Waals surface area (Å²) in [5.41, 5.74) is 3.39. The highest BCUT2D eigenvalue weighted by Gasteiger charge is 2.01. The van der Waals surface area contributed by atoms with Crippen molar-refractivity contribution in [2.45, 2.75) is 13.8 Å². The summed E-state index contributed by atoms with van der Waals surface area (Å²) in [5.74, 6) is 0.699. The standard InChI is InChI=1S/C15H11N3.C2H6/c1-2-4-12(5-3-1)13-6-8-14(9-7-13)15-17-10-16-11-18-15;1-2/h1-11H;1-2H3. The Bertz CT molecular complexity index is 561. The van der Waals surface area contributed by atoms with Crippen LogP contribution in [0.15, 0.2) is 67.3 Å². The molecule has 0 atom stereocenters. The quantitative estimate of drug-likeness (QED) is 0.694. The largest absolute Gasteiger partial charge is 0.225 e. The van der Waals surface area contributed by atoms with E-state index in [1.165, 1.54) is 23.8 Å². The van der Waals surface area contributed by atoms with E-state index in [-0.39, 0.29) is 0 Å². The topological polar surface area (TPSA) is 38.7 Å².